The SMILES string of the molecule is CCOC(=O)c1ccc2c(Cl)ncnc2n1. The number of halogens is 1. The van der Waals surface area contributed by atoms with Gasteiger partial charge in [-0.25, -0.2) is 19.7 Å². The van der Waals surface area contributed by atoms with E-state index in [1.807, 2.05) is 0 Å². The second-order valence-electron chi connectivity index (χ2n) is 2.95. The molecule has 0 aromatic carbocycles. The predicted octanol–water partition coefficient (Wildman–Crippen LogP) is 1.85. The Morgan fingerprint density at radius 3 is 3.00 bits per heavy atom. The molecule has 2 aromatic rings. The number of fused-ring (bicyclic) bond motifs is 1. The van der Waals surface area contributed by atoms with E-state index in [4.69, 9.17) is 16.3 Å². The van der Waals surface area contributed by atoms with Gasteiger partial charge in [0.25, 0.3) is 0 Å². The van der Waals surface area contributed by atoms with Crippen LogP contribution in [0.3, 0.4) is 0 Å². The molecule has 6 heteroatoms. The van der Waals surface area contributed by atoms with Gasteiger partial charge >= 0.3 is 5.97 Å². The molecule has 0 saturated carbocycles. The van der Waals surface area contributed by atoms with E-state index < -0.39 is 5.97 Å². The summed E-state index contributed by atoms with van der Waals surface area (Å²) in [5.74, 6) is -0.473. The number of carbonyl (C=O) groups excluding carboxylic acids is 1. The molecule has 0 atom stereocenters. The van der Waals surface area contributed by atoms with Gasteiger partial charge in [-0.3, -0.25) is 0 Å². The summed E-state index contributed by atoms with van der Waals surface area (Å²) < 4.78 is 4.83. The third kappa shape index (κ3) is 1.94. The second kappa shape index (κ2) is 4.40. The maximum atomic E-state index is 11.4. The molecular formula is C10H8ClN3O2. The van der Waals surface area contributed by atoms with Crippen molar-refractivity contribution in [3.05, 3.63) is 29.3 Å². The van der Waals surface area contributed by atoms with Crippen molar-refractivity contribution in [2.24, 2.45) is 0 Å². The van der Waals surface area contributed by atoms with Crippen LogP contribution in [0.15, 0.2) is 18.5 Å². The normalized spacial score (nSPS) is 10.4. The van der Waals surface area contributed by atoms with Crippen LogP contribution in [0.4, 0.5) is 0 Å². The minimum atomic E-state index is -0.473. The molecule has 0 bridgehead atoms. The van der Waals surface area contributed by atoms with Gasteiger partial charge in [-0.1, -0.05) is 11.6 Å². The van der Waals surface area contributed by atoms with Crippen molar-refractivity contribution in [3.8, 4) is 0 Å². The Bertz CT molecular complexity index is 545. The zero-order valence-electron chi connectivity index (χ0n) is 8.48. The highest BCUT2D eigenvalue weighted by molar-refractivity contribution is 6.33. The van der Waals surface area contributed by atoms with E-state index >= 15 is 0 Å². The monoisotopic (exact) mass is 237 g/mol. The first kappa shape index (κ1) is 10.8. The highest BCUT2D eigenvalue weighted by atomic mass is 35.5. The van der Waals surface area contributed by atoms with Gasteiger partial charge in [-0.15, -0.1) is 0 Å². The first-order valence-electron chi connectivity index (χ1n) is 4.66. The second-order valence-corrected chi connectivity index (χ2v) is 3.31. The van der Waals surface area contributed by atoms with Gasteiger partial charge in [-0.05, 0) is 19.1 Å². The fourth-order valence-corrected chi connectivity index (χ4v) is 1.42. The highest BCUT2D eigenvalue weighted by Crippen LogP contribution is 2.17. The Morgan fingerprint density at radius 1 is 1.44 bits per heavy atom. The number of nitrogens with zero attached hydrogens (tertiary/aromatic N) is 3. The van der Waals surface area contributed by atoms with Crippen LogP contribution in [0, 0.1) is 0 Å². The number of hydrogen-bond donors (Lipinski definition) is 0. The van der Waals surface area contributed by atoms with Gasteiger partial charge in [0.1, 0.15) is 11.5 Å². The summed E-state index contributed by atoms with van der Waals surface area (Å²) in [5.41, 5.74) is 0.592. The van der Waals surface area contributed by atoms with Crippen LogP contribution in [0.2, 0.25) is 5.15 Å². The summed E-state index contributed by atoms with van der Waals surface area (Å²) in [7, 11) is 0. The van der Waals surface area contributed by atoms with Crippen LogP contribution in [-0.4, -0.2) is 27.5 Å². The molecule has 0 fully saturated rings. The molecule has 0 aliphatic heterocycles. The summed E-state index contributed by atoms with van der Waals surface area (Å²) in [4.78, 5) is 23.2. The van der Waals surface area contributed by atoms with Crippen molar-refractivity contribution < 1.29 is 9.53 Å². The molecule has 0 amide bonds. The quantitative estimate of drug-likeness (QED) is 0.589. The molecule has 2 aromatic heterocycles. The van der Waals surface area contributed by atoms with Crippen LogP contribution < -0.4 is 0 Å². The van der Waals surface area contributed by atoms with Crippen molar-refractivity contribution in [1.82, 2.24) is 15.0 Å². The molecule has 0 aliphatic carbocycles. The molecule has 0 aliphatic rings. The number of hydrogen-bond acceptors (Lipinski definition) is 5. The van der Waals surface area contributed by atoms with Crippen LogP contribution in [-0.2, 0) is 4.74 Å². The highest BCUT2D eigenvalue weighted by Gasteiger charge is 2.10. The number of pyridine rings is 1. The summed E-state index contributed by atoms with van der Waals surface area (Å²) in [5, 5.41) is 0.921. The number of carbonyl (C=O) groups is 1. The smallest absolute Gasteiger partial charge is 0.357 e. The van der Waals surface area contributed by atoms with E-state index in [1.165, 1.54) is 12.4 Å². The zero-order valence-corrected chi connectivity index (χ0v) is 9.23. The molecule has 5 nitrogen and oxygen atoms in total. The van der Waals surface area contributed by atoms with Crippen molar-refractivity contribution in [2.45, 2.75) is 6.92 Å². The van der Waals surface area contributed by atoms with E-state index in [2.05, 4.69) is 15.0 Å². The van der Waals surface area contributed by atoms with Gasteiger partial charge < -0.3 is 4.74 Å². The molecule has 0 unspecified atom stereocenters. The van der Waals surface area contributed by atoms with Gasteiger partial charge in [0, 0.05) is 0 Å². The summed E-state index contributed by atoms with van der Waals surface area (Å²) in [6.45, 7) is 2.04. The van der Waals surface area contributed by atoms with Crippen LogP contribution in [0.5, 0.6) is 0 Å². The fourth-order valence-electron chi connectivity index (χ4n) is 1.23. The van der Waals surface area contributed by atoms with Crippen LogP contribution >= 0.6 is 11.6 Å². The minimum absolute atomic E-state index is 0.212. The minimum Gasteiger partial charge on any atom is -0.461 e. The molecule has 82 valence electrons. The third-order valence-corrected chi connectivity index (χ3v) is 2.23. The molecule has 0 radical (unpaired) electrons. The number of aromatic nitrogens is 3. The van der Waals surface area contributed by atoms with Gasteiger partial charge in [0.05, 0.1) is 12.0 Å². The van der Waals surface area contributed by atoms with Gasteiger partial charge in [-0.2, -0.15) is 0 Å². The zero-order chi connectivity index (χ0) is 11.5. The molecule has 0 saturated heterocycles. The third-order valence-electron chi connectivity index (χ3n) is 1.93. The van der Waals surface area contributed by atoms with E-state index in [0.717, 1.165) is 0 Å². The topological polar surface area (TPSA) is 65.0 Å². The Kier molecular flexibility index (Phi) is 2.96. The number of rotatable bonds is 2. The molecular weight excluding hydrogens is 230 g/mol. The average molecular weight is 238 g/mol. The first-order chi connectivity index (χ1) is 7.72. The van der Waals surface area contributed by atoms with E-state index in [1.54, 1.807) is 13.0 Å². The lowest BCUT2D eigenvalue weighted by Gasteiger charge is -2.02. The number of ether oxygens (including phenoxy) is 1. The maximum Gasteiger partial charge on any atom is 0.357 e. The van der Waals surface area contributed by atoms with Crippen LogP contribution in [0.1, 0.15) is 17.4 Å². The van der Waals surface area contributed by atoms with Crippen molar-refractivity contribution in [1.29, 1.82) is 0 Å². The molecule has 2 heterocycles. The molecule has 0 N–H and O–H groups in total. The van der Waals surface area contributed by atoms with E-state index in [0.29, 0.717) is 22.8 Å². The molecule has 0 spiro atoms. The Morgan fingerprint density at radius 2 is 2.25 bits per heavy atom. The summed E-state index contributed by atoms with van der Waals surface area (Å²) in [6, 6.07) is 3.19. The van der Waals surface area contributed by atoms with Crippen molar-refractivity contribution in [2.75, 3.05) is 6.61 Å². The van der Waals surface area contributed by atoms with Crippen molar-refractivity contribution >= 4 is 28.6 Å². The lowest BCUT2D eigenvalue weighted by Crippen LogP contribution is -2.07. The van der Waals surface area contributed by atoms with Gasteiger partial charge in [0.2, 0.25) is 0 Å². The predicted molar refractivity (Wildman–Crippen MR) is 58.3 cm³/mol. The van der Waals surface area contributed by atoms with E-state index in [-0.39, 0.29) is 5.69 Å². The number of esters is 1. The maximum absolute atomic E-state index is 11.4. The standard InChI is InChI=1S/C10H8ClN3O2/c1-2-16-10(15)7-4-3-6-8(11)12-5-13-9(6)14-7/h3-5H,2H2,1H3. The first-order valence-corrected chi connectivity index (χ1v) is 5.04. The summed E-state index contributed by atoms with van der Waals surface area (Å²) >= 11 is 5.84. The van der Waals surface area contributed by atoms with Crippen molar-refractivity contribution in [3.63, 3.8) is 0 Å². The Hall–Kier alpha value is -1.75. The molecule has 16 heavy (non-hydrogen) atoms. The average Bonchev–Trinajstić information content (AvgIpc) is 2.29. The molecule has 2 rings (SSSR count). The fraction of sp³-hybridized carbons (Fsp3) is 0.200. The Labute approximate surface area is 96.4 Å². The van der Waals surface area contributed by atoms with Crippen LogP contribution in [0.25, 0.3) is 11.0 Å². The largest absolute Gasteiger partial charge is 0.461 e. The summed E-state index contributed by atoms with van der Waals surface area (Å²) in [6.07, 6.45) is 1.30. The van der Waals surface area contributed by atoms with E-state index in [9.17, 15) is 4.79 Å². The lowest BCUT2D eigenvalue weighted by molar-refractivity contribution is 0.0520. The lowest BCUT2D eigenvalue weighted by atomic mass is 10.3. The van der Waals surface area contributed by atoms with Gasteiger partial charge in [0.15, 0.2) is 11.3 Å². The Balaban J connectivity index is 2.48.